The molecule has 3 rings (SSSR count). The molecule has 0 aliphatic carbocycles. The first-order valence-corrected chi connectivity index (χ1v) is 49.1. The zero-order valence-corrected chi connectivity index (χ0v) is 65.7. The van der Waals surface area contributed by atoms with Crippen molar-refractivity contribution in [3.05, 3.63) is 60.7 Å². The standard InChI is InChI=1S/C75H136NO14PSi3/c1-15-18-21-24-27-29-30-32-35-38-47-54-69(78)85-66(53-42-37-33-26-23-20-17-3)60-70(79)87-73-71(76-68(77)59-65(83-62-81-55-57-92(7,8)9)52-41-36-34-31-28-25-22-19-16-2)74(82-56-58-93(10,11)12)86-67(61-84-94(13,14)75(4,5)6)72(73)90-91(80,88-63-48-43-39-44-49-63)89-64-50-45-40-46-51-64/h39-40,43-46,48-51,65-67,71-74H,15-38,41-42,47,52-62H2,1-14H3,(H,76,77)/t65?,66?,67-,71-,72-,73-,74-/m1/s1. The quantitative estimate of drug-likeness (QED) is 0.0218. The zero-order valence-electron chi connectivity index (χ0n) is 61.8. The Morgan fingerprint density at radius 1 is 0.553 bits per heavy atom. The van der Waals surface area contributed by atoms with Crippen LogP contribution in [-0.4, -0.2) is 112 Å². The minimum atomic E-state index is -4.82. The summed E-state index contributed by atoms with van der Waals surface area (Å²) in [5.74, 6) is -1.05. The molecule has 0 saturated carbocycles. The van der Waals surface area contributed by atoms with Crippen molar-refractivity contribution in [2.24, 2.45) is 0 Å². The van der Waals surface area contributed by atoms with Crippen molar-refractivity contribution in [1.82, 2.24) is 5.32 Å². The second-order valence-corrected chi connectivity index (χ2v) is 48.1. The molecule has 0 bridgehead atoms. The van der Waals surface area contributed by atoms with Crippen molar-refractivity contribution in [3.63, 3.8) is 0 Å². The molecule has 2 aromatic rings. The first kappa shape index (κ1) is 85.3. The fourth-order valence-corrected chi connectivity index (χ4v) is 15.0. The summed E-state index contributed by atoms with van der Waals surface area (Å²) in [6.45, 7) is 31.9. The Kier molecular flexibility index (Phi) is 43.5. The Morgan fingerprint density at radius 2 is 1.00 bits per heavy atom. The van der Waals surface area contributed by atoms with Gasteiger partial charge in [-0.15, -0.1) is 0 Å². The van der Waals surface area contributed by atoms with Gasteiger partial charge in [-0.3, -0.25) is 18.9 Å². The van der Waals surface area contributed by atoms with E-state index in [0.717, 1.165) is 89.1 Å². The largest absolute Gasteiger partial charge is 0.588 e. The first-order chi connectivity index (χ1) is 44.8. The van der Waals surface area contributed by atoms with Crippen LogP contribution >= 0.6 is 7.82 Å². The number of benzene rings is 2. The lowest BCUT2D eigenvalue weighted by molar-refractivity contribution is -0.269. The normalized spacial score (nSPS) is 18.0. The van der Waals surface area contributed by atoms with Crippen molar-refractivity contribution >= 4 is 50.1 Å². The van der Waals surface area contributed by atoms with Gasteiger partial charge in [0.05, 0.1) is 25.6 Å². The SMILES string of the molecule is CCCCCCCCCCCCCC(=O)OC(CCCCCCCCC)CC(=O)O[C@@H]1[C@@H](NC(=O)CC(CCCCCCCCCCC)OCOCC[Si](C)(C)C)[C@H](OCC[Si](C)(C)C)O[C@H](CO[Si](C)(C)C(C)(C)C)[C@H]1OP(=O)(Oc1ccccc1)Oc1ccccc1. The molecule has 0 radical (unpaired) electrons. The van der Waals surface area contributed by atoms with E-state index < -0.39 is 87.0 Å². The molecule has 1 N–H and O–H groups in total. The fourth-order valence-electron chi connectivity index (χ4n) is 11.1. The average Bonchev–Trinajstić information content (AvgIpc) is 0.774. The zero-order chi connectivity index (χ0) is 69.1. The monoisotopic (exact) mass is 1390 g/mol. The number of carbonyl (C=O) groups excluding carboxylic acids is 3. The maximum absolute atomic E-state index is 15.9. The molecule has 15 nitrogen and oxygen atoms in total. The summed E-state index contributed by atoms with van der Waals surface area (Å²) >= 11 is 0. The van der Waals surface area contributed by atoms with Gasteiger partial charge in [0, 0.05) is 35.8 Å². The molecule has 1 aliphatic rings. The molecule has 1 aliphatic heterocycles. The van der Waals surface area contributed by atoms with E-state index in [0.29, 0.717) is 25.9 Å². The molecule has 1 saturated heterocycles. The van der Waals surface area contributed by atoms with E-state index in [9.17, 15) is 4.79 Å². The number of esters is 2. The van der Waals surface area contributed by atoms with Crippen LogP contribution in [0.15, 0.2) is 60.7 Å². The number of para-hydroxylation sites is 2. The van der Waals surface area contributed by atoms with Gasteiger partial charge in [-0.2, -0.15) is 0 Å². The smallest absolute Gasteiger partial charge is 0.462 e. The van der Waals surface area contributed by atoms with Gasteiger partial charge in [-0.1, -0.05) is 278 Å². The molecule has 542 valence electrons. The number of amides is 1. The molecule has 2 aromatic carbocycles. The summed E-state index contributed by atoms with van der Waals surface area (Å²) in [5, 5.41) is 3.02. The number of unbranched alkanes of at least 4 members (excludes halogenated alkanes) is 24. The van der Waals surface area contributed by atoms with Crippen LogP contribution in [-0.2, 0) is 56.3 Å². The number of hydrogen-bond acceptors (Lipinski definition) is 14. The number of hydrogen-bond donors (Lipinski definition) is 1. The van der Waals surface area contributed by atoms with Crippen molar-refractivity contribution in [2.45, 2.75) is 359 Å². The number of carbonyl (C=O) groups is 3. The van der Waals surface area contributed by atoms with Crippen LogP contribution in [0.5, 0.6) is 11.5 Å². The molecular formula is C75H136NO14PSi3. The lowest BCUT2D eigenvalue weighted by atomic mass is 9.96. The molecular weight excluding hydrogens is 1250 g/mol. The van der Waals surface area contributed by atoms with Crippen molar-refractivity contribution in [2.75, 3.05) is 26.6 Å². The molecule has 0 spiro atoms. The number of nitrogens with one attached hydrogen (secondary N) is 1. The van der Waals surface area contributed by atoms with E-state index in [1.807, 2.05) is 12.1 Å². The van der Waals surface area contributed by atoms with Crippen molar-refractivity contribution in [3.8, 4) is 11.5 Å². The van der Waals surface area contributed by atoms with Crippen LogP contribution in [0.25, 0.3) is 0 Å². The third-order valence-electron chi connectivity index (χ3n) is 18.2. The van der Waals surface area contributed by atoms with Crippen LogP contribution < -0.4 is 14.4 Å². The highest BCUT2D eigenvalue weighted by Gasteiger charge is 2.55. The number of phosphoric acid groups is 1. The van der Waals surface area contributed by atoms with Crippen LogP contribution in [0.3, 0.4) is 0 Å². The number of phosphoric ester groups is 1. The van der Waals surface area contributed by atoms with Gasteiger partial charge in [0.2, 0.25) is 5.91 Å². The summed E-state index contributed by atoms with van der Waals surface area (Å²) in [7, 11) is -10.5. The highest BCUT2D eigenvalue weighted by Crippen LogP contribution is 2.53. The average molecular weight is 1390 g/mol. The molecule has 2 unspecified atom stereocenters. The Morgan fingerprint density at radius 3 is 1.47 bits per heavy atom. The van der Waals surface area contributed by atoms with Crippen molar-refractivity contribution < 1.29 is 65.4 Å². The maximum Gasteiger partial charge on any atom is 0.588 e. The first-order valence-electron chi connectivity index (χ1n) is 37.3. The number of ether oxygens (including phenoxy) is 6. The van der Waals surface area contributed by atoms with Gasteiger partial charge in [0.1, 0.15) is 42.6 Å². The van der Waals surface area contributed by atoms with E-state index in [4.69, 9.17) is 46.4 Å². The molecule has 94 heavy (non-hydrogen) atoms. The van der Waals surface area contributed by atoms with Crippen LogP contribution in [0.4, 0.5) is 0 Å². The fraction of sp³-hybridized carbons (Fsp3) is 0.800. The van der Waals surface area contributed by atoms with Crippen molar-refractivity contribution in [1.29, 1.82) is 0 Å². The third-order valence-corrected chi connectivity index (χ3v) is 27.5. The van der Waals surface area contributed by atoms with Gasteiger partial charge in [0.25, 0.3) is 0 Å². The summed E-state index contributed by atoms with van der Waals surface area (Å²) in [6.07, 6.45) is 24.9. The number of rotatable bonds is 56. The maximum atomic E-state index is 15.9. The predicted octanol–water partition coefficient (Wildman–Crippen LogP) is 21.3. The minimum absolute atomic E-state index is 0.0427. The third kappa shape index (κ3) is 39.6. The van der Waals surface area contributed by atoms with E-state index >= 15 is 14.2 Å². The van der Waals surface area contributed by atoms with Crippen LogP contribution in [0, 0.1) is 0 Å². The second-order valence-electron chi connectivity index (χ2n) is 30.6. The van der Waals surface area contributed by atoms with Gasteiger partial charge < -0.3 is 47.2 Å². The Balaban J connectivity index is 2.19. The van der Waals surface area contributed by atoms with E-state index in [-0.39, 0.29) is 61.8 Å². The molecule has 1 fully saturated rings. The highest BCUT2D eigenvalue weighted by molar-refractivity contribution is 7.49. The van der Waals surface area contributed by atoms with E-state index in [1.54, 1.807) is 48.5 Å². The molecule has 1 heterocycles. The Bertz CT molecular complexity index is 2270. The van der Waals surface area contributed by atoms with Gasteiger partial charge in [-0.25, -0.2) is 4.57 Å². The summed E-state index contributed by atoms with van der Waals surface area (Å²) in [5.41, 5.74) is 0. The summed E-state index contributed by atoms with van der Waals surface area (Å²) in [4.78, 5) is 44.4. The summed E-state index contributed by atoms with van der Waals surface area (Å²) in [6, 6.07) is 17.7. The highest BCUT2D eigenvalue weighted by atomic mass is 31.2. The van der Waals surface area contributed by atoms with E-state index in [2.05, 4.69) is 99.2 Å². The van der Waals surface area contributed by atoms with Gasteiger partial charge in [0.15, 0.2) is 20.7 Å². The molecule has 7 atom stereocenters. The molecule has 0 aromatic heterocycles. The lowest BCUT2D eigenvalue weighted by Crippen LogP contribution is -2.67. The summed E-state index contributed by atoms with van der Waals surface area (Å²) < 4.78 is 82.0. The van der Waals surface area contributed by atoms with Crippen LogP contribution in [0.1, 0.15) is 247 Å². The Labute approximate surface area is 575 Å². The lowest BCUT2D eigenvalue weighted by Gasteiger charge is -2.47. The molecule has 1 amide bonds. The van der Waals surface area contributed by atoms with Gasteiger partial charge in [-0.05, 0) is 80.2 Å². The Hall–Kier alpha value is -2.91. The second kappa shape index (κ2) is 48.0. The van der Waals surface area contributed by atoms with Crippen LogP contribution in [0.2, 0.25) is 69.5 Å². The molecule has 19 heteroatoms. The predicted molar refractivity (Wildman–Crippen MR) is 393 cm³/mol. The van der Waals surface area contributed by atoms with Gasteiger partial charge >= 0.3 is 19.8 Å². The van der Waals surface area contributed by atoms with E-state index in [1.165, 1.54) is 89.9 Å². The minimum Gasteiger partial charge on any atom is -0.462 e. The topological polar surface area (TPSA) is 173 Å².